The number of alkyl halides is 1. The second-order valence-electron chi connectivity index (χ2n) is 3.85. The van der Waals surface area contributed by atoms with Gasteiger partial charge in [-0.1, -0.05) is 0 Å². The molecule has 1 aliphatic heterocycles. The summed E-state index contributed by atoms with van der Waals surface area (Å²) in [5.41, 5.74) is 0. The van der Waals surface area contributed by atoms with Crippen molar-refractivity contribution in [2.24, 2.45) is 0 Å². The van der Waals surface area contributed by atoms with Crippen LogP contribution in [0.1, 0.15) is 0 Å². The van der Waals surface area contributed by atoms with Crippen LogP contribution in [0.4, 0.5) is 5.95 Å². The van der Waals surface area contributed by atoms with Crippen molar-refractivity contribution in [3.05, 3.63) is 6.07 Å². The Bertz CT molecular complexity index is 383. The highest BCUT2D eigenvalue weighted by Gasteiger charge is 2.22. The van der Waals surface area contributed by atoms with Crippen LogP contribution in [-0.4, -0.2) is 55.9 Å². The van der Waals surface area contributed by atoms with Crippen molar-refractivity contribution in [1.82, 2.24) is 9.97 Å². The van der Waals surface area contributed by atoms with Crippen molar-refractivity contribution >= 4 is 17.5 Å². The van der Waals surface area contributed by atoms with E-state index in [1.54, 1.807) is 20.3 Å². The largest absolute Gasteiger partial charge is 0.481 e. The van der Waals surface area contributed by atoms with Gasteiger partial charge in [-0.25, -0.2) is 0 Å². The zero-order chi connectivity index (χ0) is 13.0. The summed E-state index contributed by atoms with van der Waals surface area (Å²) in [5, 5.41) is 0. The Morgan fingerprint density at radius 3 is 2.61 bits per heavy atom. The van der Waals surface area contributed by atoms with Gasteiger partial charge in [0.2, 0.25) is 17.7 Å². The number of rotatable bonds is 4. The maximum atomic E-state index is 5.81. The summed E-state index contributed by atoms with van der Waals surface area (Å²) >= 11 is 5.81. The summed E-state index contributed by atoms with van der Waals surface area (Å²) in [5.74, 6) is 1.98. The molecule has 2 heterocycles. The minimum absolute atomic E-state index is 0.00112. The molecular formula is C11H16ClN3O3. The Morgan fingerprint density at radius 2 is 2.06 bits per heavy atom. The SMILES string of the molecule is COc1cc(OC)nc(N2CCOC(CCl)C2)n1. The summed E-state index contributed by atoms with van der Waals surface area (Å²) in [6.07, 6.45) is 0.00112. The maximum Gasteiger partial charge on any atom is 0.232 e. The fraction of sp³-hybridized carbons (Fsp3) is 0.636. The Labute approximate surface area is 111 Å². The molecule has 7 heteroatoms. The number of methoxy groups -OCH3 is 2. The van der Waals surface area contributed by atoms with E-state index in [1.807, 2.05) is 4.90 Å². The minimum Gasteiger partial charge on any atom is -0.481 e. The van der Waals surface area contributed by atoms with Gasteiger partial charge in [0.15, 0.2) is 0 Å². The van der Waals surface area contributed by atoms with Gasteiger partial charge in [-0.05, 0) is 0 Å². The lowest BCUT2D eigenvalue weighted by Crippen LogP contribution is -2.44. The molecule has 0 aliphatic carbocycles. The van der Waals surface area contributed by atoms with Gasteiger partial charge in [0.25, 0.3) is 0 Å². The lowest BCUT2D eigenvalue weighted by atomic mass is 10.3. The van der Waals surface area contributed by atoms with Crippen molar-refractivity contribution in [3.63, 3.8) is 0 Å². The zero-order valence-electron chi connectivity index (χ0n) is 10.4. The number of nitrogens with zero attached hydrogens (tertiary/aromatic N) is 3. The summed E-state index contributed by atoms with van der Waals surface area (Å²) in [4.78, 5) is 10.6. The number of hydrogen-bond donors (Lipinski definition) is 0. The Morgan fingerprint density at radius 1 is 1.39 bits per heavy atom. The van der Waals surface area contributed by atoms with Crippen LogP contribution < -0.4 is 14.4 Å². The number of morpholine rings is 1. The first-order valence-electron chi connectivity index (χ1n) is 5.66. The predicted octanol–water partition coefficient (Wildman–Crippen LogP) is 0.938. The predicted molar refractivity (Wildman–Crippen MR) is 67.8 cm³/mol. The van der Waals surface area contributed by atoms with E-state index in [9.17, 15) is 0 Å². The van der Waals surface area contributed by atoms with Gasteiger partial charge in [0.1, 0.15) is 0 Å². The average Bonchev–Trinajstić information content (AvgIpc) is 2.46. The molecule has 6 nitrogen and oxygen atoms in total. The van der Waals surface area contributed by atoms with E-state index in [4.69, 9.17) is 25.8 Å². The molecule has 0 aromatic carbocycles. The highest BCUT2D eigenvalue weighted by Crippen LogP contribution is 2.21. The second kappa shape index (κ2) is 6.06. The number of anilines is 1. The van der Waals surface area contributed by atoms with E-state index in [2.05, 4.69) is 9.97 Å². The number of ether oxygens (including phenoxy) is 3. The number of halogens is 1. The Hall–Kier alpha value is -1.27. The molecule has 100 valence electrons. The zero-order valence-corrected chi connectivity index (χ0v) is 11.2. The molecule has 1 fully saturated rings. The molecule has 0 bridgehead atoms. The molecule has 1 atom stereocenters. The van der Waals surface area contributed by atoms with Crippen LogP contribution in [0.3, 0.4) is 0 Å². The summed E-state index contributed by atoms with van der Waals surface area (Å²) in [6, 6.07) is 1.64. The minimum atomic E-state index is 0.00112. The van der Waals surface area contributed by atoms with Crippen LogP contribution in [0.15, 0.2) is 6.07 Å². The Balaban J connectivity index is 2.20. The fourth-order valence-electron chi connectivity index (χ4n) is 1.74. The van der Waals surface area contributed by atoms with Crippen LogP contribution in [0.5, 0.6) is 11.8 Å². The second-order valence-corrected chi connectivity index (χ2v) is 4.15. The lowest BCUT2D eigenvalue weighted by Gasteiger charge is -2.32. The summed E-state index contributed by atoms with van der Waals surface area (Å²) < 4.78 is 15.8. The molecule has 1 unspecified atom stereocenters. The van der Waals surface area contributed by atoms with Crippen molar-refractivity contribution in [2.75, 3.05) is 44.7 Å². The third-order valence-electron chi connectivity index (χ3n) is 2.68. The van der Waals surface area contributed by atoms with E-state index >= 15 is 0 Å². The third kappa shape index (κ3) is 2.94. The molecule has 0 spiro atoms. The Kier molecular flexibility index (Phi) is 4.43. The first-order chi connectivity index (χ1) is 8.76. The standard InChI is InChI=1S/C11H16ClN3O3/c1-16-9-5-10(17-2)14-11(13-9)15-3-4-18-8(6-12)7-15/h5,8H,3-4,6-7H2,1-2H3. The highest BCUT2D eigenvalue weighted by molar-refractivity contribution is 6.18. The van der Waals surface area contributed by atoms with Gasteiger partial charge in [-0.2, -0.15) is 9.97 Å². The first-order valence-corrected chi connectivity index (χ1v) is 6.20. The van der Waals surface area contributed by atoms with E-state index in [0.717, 1.165) is 6.54 Å². The van der Waals surface area contributed by atoms with Gasteiger partial charge in [-0.3, -0.25) is 0 Å². The highest BCUT2D eigenvalue weighted by atomic mass is 35.5. The molecule has 1 aromatic heterocycles. The number of hydrogen-bond acceptors (Lipinski definition) is 6. The quantitative estimate of drug-likeness (QED) is 0.761. The summed E-state index contributed by atoms with van der Waals surface area (Å²) in [6.45, 7) is 2.00. The van der Waals surface area contributed by atoms with Gasteiger partial charge in [-0.15, -0.1) is 11.6 Å². The van der Waals surface area contributed by atoms with Crippen molar-refractivity contribution in [2.45, 2.75) is 6.10 Å². The molecule has 0 saturated carbocycles. The summed E-state index contributed by atoms with van der Waals surface area (Å²) in [7, 11) is 3.12. The molecular weight excluding hydrogens is 258 g/mol. The van der Waals surface area contributed by atoms with Crippen molar-refractivity contribution < 1.29 is 14.2 Å². The fourth-order valence-corrected chi connectivity index (χ4v) is 1.92. The third-order valence-corrected chi connectivity index (χ3v) is 3.02. The van der Waals surface area contributed by atoms with Gasteiger partial charge in [0, 0.05) is 13.1 Å². The van der Waals surface area contributed by atoms with E-state index in [0.29, 0.717) is 36.7 Å². The maximum absolute atomic E-state index is 5.81. The molecule has 1 aliphatic rings. The molecule has 1 aromatic rings. The number of aromatic nitrogens is 2. The molecule has 18 heavy (non-hydrogen) atoms. The van der Waals surface area contributed by atoms with Gasteiger partial charge in [0.05, 0.1) is 38.9 Å². The molecule has 2 rings (SSSR count). The lowest BCUT2D eigenvalue weighted by molar-refractivity contribution is 0.0547. The van der Waals surface area contributed by atoms with Crippen LogP contribution in [-0.2, 0) is 4.74 Å². The molecule has 0 amide bonds. The van der Waals surface area contributed by atoms with Crippen LogP contribution in [0.25, 0.3) is 0 Å². The van der Waals surface area contributed by atoms with E-state index < -0.39 is 0 Å². The van der Waals surface area contributed by atoms with Gasteiger partial charge >= 0.3 is 0 Å². The van der Waals surface area contributed by atoms with E-state index in [1.165, 1.54) is 0 Å². The van der Waals surface area contributed by atoms with Crippen LogP contribution >= 0.6 is 11.6 Å². The normalized spacial score (nSPS) is 19.7. The molecule has 1 saturated heterocycles. The van der Waals surface area contributed by atoms with Crippen molar-refractivity contribution in [1.29, 1.82) is 0 Å². The van der Waals surface area contributed by atoms with Gasteiger partial charge < -0.3 is 19.1 Å². The monoisotopic (exact) mass is 273 g/mol. The smallest absolute Gasteiger partial charge is 0.232 e. The van der Waals surface area contributed by atoms with E-state index in [-0.39, 0.29) is 6.10 Å². The topological polar surface area (TPSA) is 56.7 Å². The van der Waals surface area contributed by atoms with Crippen molar-refractivity contribution in [3.8, 4) is 11.8 Å². The molecule has 0 radical (unpaired) electrons. The van der Waals surface area contributed by atoms with Crippen LogP contribution in [0.2, 0.25) is 0 Å². The molecule has 0 N–H and O–H groups in total. The average molecular weight is 274 g/mol. The van der Waals surface area contributed by atoms with Crippen LogP contribution in [0, 0.1) is 0 Å². The first kappa shape index (κ1) is 13.2.